The molecule has 1 aliphatic rings. The van der Waals surface area contributed by atoms with Crippen LogP contribution in [0.25, 0.3) is 0 Å². The topological polar surface area (TPSA) is 35.5 Å². The molecule has 0 aromatic heterocycles. The molecule has 0 radical (unpaired) electrons. The Morgan fingerprint density at radius 3 is 2.95 bits per heavy atom. The fourth-order valence-electron chi connectivity index (χ4n) is 2.81. The molecule has 1 fully saturated rings. The Labute approximate surface area is 130 Å². The van der Waals surface area contributed by atoms with E-state index in [2.05, 4.69) is 58.2 Å². The molecule has 0 saturated carbocycles. The third-order valence-corrected chi connectivity index (χ3v) is 4.30. The van der Waals surface area contributed by atoms with Crippen LogP contribution in [-0.2, 0) is 6.54 Å². The zero-order chi connectivity index (χ0) is 14.5. The summed E-state index contributed by atoms with van der Waals surface area (Å²) in [6.45, 7) is 7.63. The average Bonchev–Trinajstić information content (AvgIpc) is 2.86. The highest BCUT2D eigenvalue weighted by Gasteiger charge is 2.25. The minimum atomic E-state index is 0.245. The molecule has 0 bridgehead atoms. The molecule has 1 saturated heterocycles. The van der Waals surface area contributed by atoms with Crippen LogP contribution in [0, 0.1) is 5.92 Å². The second-order valence-electron chi connectivity index (χ2n) is 5.97. The summed E-state index contributed by atoms with van der Waals surface area (Å²) in [5, 5.41) is 13.0. The second-order valence-corrected chi connectivity index (χ2v) is 6.89. The maximum atomic E-state index is 9.53. The number of anilines is 1. The molecule has 0 amide bonds. The molecule has 2 N–H and O–H groups in total. The summed E-state index contributed by atoms with van der Waals surface area (Å²) in [5.41, 5.74) is 2.57. The number of benzene rings is 1. The minimum absolute atomic E-state index is 0.245. The lowest BCUT2D eigenvalue weighted by Gasteiger charge is -2.28. The van der Waals surface area contributed by atoms with Gasteiger partial charge in [0.2, 0.25) is 0 Å². The summed E-state index contributed by atoms with van der Waals surface area (Å²) in [7, 11) is 0. The van der Waals surface area contributed by atoms with Crippen LogP contribution in [0.3, 0.4) is 0 Å². The van der Waals surface area contributed by atoms with Gasteiger partial charge in [-0.25, -0.2) is 0 Å². The number of halogens is 1. The second kappa shape index (κ2) is 7.43. The highest BCUT2D eigenvalue weighted by Crippen LogP contribution is 2.30. The fourth-order valence-corrected chi connectivity index (χ4v) is 3.22. The Morgan fingerprint density at radius 2 is 2.25 bits per heavy atom. The van der Waals surface area contributed by atoms with E-state index in [1.165, 1.54) is 17.7 Å². The van der Waals surface area contributed by atoms with Gasteiger partial charge < -0.3 is 15.3 Å². The Bertz CT molecular complexity index is 436. The van der Waals surface area contributed by atoms with Crippen molar-refractivity contribution in [2.24, 2.45) is 5.92 Å². The van der Waals surface area contributed by atoms with Crippen LogP contribution in [-0.4, -0.2) is 30.8 Å². The fraction of sp³-hybridized carbons (Fsp3) is 0.625. The van der Waals surface area contributed by atoms with E-state index < -0.39 is 0 Å². The smallest absolute Gasteiger partial charge is 0.0635 e. The van der Waals surface area contributed by atoms with E-state index >= 15 is 0 Å². The zero-order valence-corrected chi connectivity index (χ0v) is 14.0. The van der Waals surface area contributed by atoms with Crippen molar-refractivity contribution < 1.29 is 5.11 Å². The van der Waals surface area contributed by atoms with Crippen molar-refractivity contribution in [3.63, 3.8) is 0 Å². The van der Waals surface area contributed by atoms with Gasteiger partial charge in [-0.3, -0.25) is 0 Å². The molecule has 0 spiro atoms. The van der Waals surface area contributed by atoms with Gasteiger partial charge in [0.25, 0.3) is 0 Å². The number of aliphatic hydroxyl groups excluding tert-OH is 1. The molecule has 112 valence electrons. The third-order valence-electron chi connectivity index (χ3n) is 3.81. The molecule has 1 aromatic rings. The van der Waals surface area contributed by atoms with Crippen LogP contribution in [0.5, 0.6) is 0 Å². The van der Waals surface area contributed by atoms with Gasteiger partial charge in [-0.1, -0.05) is 29.8 Å². The Balaban J connectivity index is 2.14. The van der Waals surface area contributed by atoms with Crippen molar-refractivity contribution in [2.45, 2.75) is 39.3 Å². The summed E-state index contributed by atoms with van der Waals surface area (Å²) >= 11 is 3.56. The van der Waals surface area contributed by atoms with E-state index in [1.807, 2.05) is 0 Å². The highest BCUT2D eigenvalue weighted by atomic mass is 79.9. The summed E-state index contributed by atoms with van der Waals surface area (Å²) < 4.78 is 1.11. The number of rotatable bonds is 6. The Morgan fingerprint density at radius 1 is 1.45 bits per heavy atom. The van der Waals surface area contributed by atoms with Crippen LogP contribution in [0.4, 0.5) is 5.69 Å². The molecule has 3 nitrogen and oxygen atoms in total. The van der Waals surface area contributed by atoms with Gasteiger partial charge in [0.15, 0.2) is 0 Å². The lowest BCUT2D eigenvalue weighted by atomic mass is 10.1. The van der Waals surface area contributed by atoms with E-state index in [1.54, 1.807) is 0 Å². The van der Waals surface area contributed by atoms with Gasteiger partial charge in [-0.05, 0) is 49.1 Å². The maximum Gasteiger partial charge on any atom is 0.0635 e. The van der Waals surface area contributed by atoms with Crippen molar-refractivity contribution in [3.8, 4) is 0 Å². The molecule has 1 unspecified atom stereocenters. The molecular weight excluding hydrogens is 316 g/mol. The number of nitrogens with zero attached hydrogens (tertiary/aromatic N) is 1. The van der Waals surface area contributed by atoms with Gasteiger partial charge >= 0.3 is 0 Å². The monoisotopic (exact) mass is 340 g/mol. The largest absolute Gasteiger partial charge is 0.394 e. The summed E-state index contributed by atoms with van der Waals surface area (Å²) in [6, 6.07) is 6.73. The van der Waals surface area contributed by atoms with Crippen molar-refractivity contribution >= 4 is 21.6 Å². The van der Waals surface area contributed by atoms with Crippen molar-refractivity contribution in [1.82, 2.24) is 5.32 Å². The van der Waals surface area contributed by atoms with Gasteiger partial charge in [-0.2, -0.15) is 0 Å². The molecule has 20 heavy (non-hydrogen) atoms. The lowest BCUT2D eigenvalue weighted by Crippen LogP contribution is -2.33. The van der Waals surface area contributed by atoms with Crippen molar-refractivity contribution in [3.05, 3.63) is 28.2 Å². The lowest BCUT2D eigenvalue weighted by molar-refractivity contribution is 0.266. The number of nitrogens with one attached hydrogen (secondary N) is 1. The minimum Gasteiger partial charge on any atom is -0.394 e. The van der Waals surface area contributed by atoms with Gasteiger partial charge in [0.1, 0.15) is 0 Å². The van der Waals surface area contributed by atoms with Crippen LogP contribution in [0.2, 0.25) is 0 Å². The number of aliphatic hydroxyl groups is 1. The summed E-state index contributed by atoms with van der Waals surface area (Å²) in [4.78, 5) is 2.36. The molecule has 0 aliphatic carbocycles. The summed E-state index contributed by atoms with van der Waals surface area (Å²) in [6.07, 6.45) is 2.26. The van der Waals surface area contributed by atoms with Gasteiger partial charge in [-0.15, -0.1) is 0 Å². The molecule has 1 atom stereocenters. The highest BCUT2D eigenvalue weighted by molar-refractivity contribution is 9.10. The maximum absolute atomic E-state index is 9.53. The van der Waals surface area contributed by atoms with Crippen LogP contribution in [0.1, 0.15) is 32.3 Å². The molecule has 1 aliphatic heterocycles. The predicted molar refractivity (Wildman–Crippen MR) is 88.1 cm³/mol. The van der Waals surface area contributed by atoms with E-state index in [0.29, 0.717) is 5.92 Å². The van der Waals surface area contributed by atoms with Gasteiger partial charge in [0, 0.05) is 23.2 Å². The van der Waals surface area contributed by atoms with E-state index in [0.717, 1.165) is 30.5 Å². The van der Waals surface area contributed by atoms with Crippen LogP contribution >= 0.6 is 15.9 Å². The first-order chi connectivity index (χ1) is 9.61. The van der Waals surface area contributed by atoms with Crippen molar-refractivity contribution in [1.29, 1.82) is 0 Å². The first-order valence-electron chi connectivity index (χ1n) is 7.48. The predicted octanol–water partition coefficient (Wildman–Crippen LogP) is 3.16. The molecule has 1 aromatic carbocycles. The zero-order valence-electron chi connectivity index (χ0n) is 12.4. The van der Waals surface area contributed by atoms with Crippen LogP contribution < -0.4 is 10.2 Å². The van der Waals surface area contributed by atoms with Crippen LogP contribution in [0.15, 0.2) is 22.7 Å². The average molecular weight is 341 g/mol. The normalized spacial score (nSPS) is 19.1. The summed E-state index contributed by atoms with van der Waals surface area (Å²) in [5.74, 6) is 0.655. The molecular formula is C16H25BrN2O. The molecule has 2 rings (SSSR count). The van der Waals surface area contributed by atoms with E-state index in [9.17, 15) is 5.11 Å². The first-order valence-corrected chi connectivity index (χ1v) is 8.27. The molecule has 4 heteroatoms. The Hall–Kier alpha value is -0.580. The standard InChI is InChI=1S/C16H25BrN2O/c1-12(2)9-18-10-13-8-14(17)5-6-16(13)19-7-3-4-15(19)11-20/h5-6,8,12,15,18,20H,3-4,7,9-11H2,1-2H3. The number of hydrogen-bond donors (Lipinski definition) is 2. The molecule has 1 heterocycles. The van der Waals surface area contributed by atoms with E-state index in [4.69, 9.17) is 0 Å². The Kier molecular flexibility index (Phi) is 5.87. The SMILES string of the molecule is CC(C)CNCc1cc(Br)ccc1N1CCCC1CO. The third kappa shape index (κ3) is 3.96. The van der Waals surface area contributed by atoms with Gasteiger partial charge in [0.05, 0.1) is 12.6 Å². The number of hydrogen-bond acceptors (Lipinski definition) is 3. The van der Waals surface area contributed by atoms with Crippen molar-refractivity contribution in [2.75, 3.05) is 24.6 Å². The van der Waals surface area contributed by atoms with E-state index in [-0.39, 0.29) is 12.6 Å². The quantitative estimate of drug-likeness (QED) is 0.834. The first kappa shape index (κ1) is 15.8.